The summed E-state index contributed by atoms with van der Waals surface area (Å²) in [5.41, 5.74) is 2.14. The SMILES string of the molecule is C=C1C(C)CCCC1(C)CCC(C)=CCC1=C(O)C(NC(C(=O)O)C(C)O)=CC(=O)C1=O. The van der Waals surface area contributed by atoms with Gasteiger partial charge in [0.05, 0.1) is 17.4 Å². The zero-order valence-electron chi connectivity index (χ0n) is 19.4. The van der Waals surface area contributed by atoms with E-state index in [4.69, 9.17) is 0 Å². The topological polar surface area (TPSA) is 124 Å². The Labute approximate surface area is 189 Å². The number of carboxylic acids is 1. The molecule has 0 amide bonds. The molecule has 176 valence electrons. The number of hydrogen-bond donors (Lipinski definition) is 4. The van der Waals surface area contributed by atoms with Crippen LogP contribution in [-0.4, -0.2) is 45.0 Å². The molecule has 0 aromatic carbocycles. The van der Waals surface area contributed by atoms with Gasteiger partial charge in [-0.05, 0) is 57.3 Å². The summed E-state index contributed by atoms with van der Waals surface area (Å²) in [5.74, 6) is -2.96. The standard InChI is InChI=1S/C25H35NO6/c1-14(10-12-25(5)11-6-7-15(2)16(25)3)8-9-18-22(29)19(13-20(28)23(18)30)26-21(17(4)27)24(31)32/h8,13,15,17,21,26-27,29H,3,6-7,9-12H2,1-2,4-5H3,(H,31,32). The second-order valence-corrected chi connectivity index (χ2v) is 9.41. The van der Waals surface area contributed by atoms with Crippen LogP contribution in [0, 0.1) is 11.3 Å². The van der Waals surface area contributed by atoms with Gasteiger partial charge in [0, 0.05) is 6.08 Å². The van der Waals surface area contributed by atoms with Crippen molar-refractivity contribution >= 4 is 17.5 Å². The van der Waals surface area contributed by atoms with Crippen LogP contribution in [0.2, 0.25) is 0 Å². The Hall–Kier alpha value is -2.67. The lowest BCUT2D eigenvalue weighted by Crippen LogP contribution is -2.45. The van der Waals surface area contributed by atoms with Gasteiger partial charge in [0.1, 0.15) is 5.76 Å². The third-order valence-corrected chi connectivity index (χ3v) is 6.84. The summed E-state index contributed by atoms with van der Waals surface area (Å²) in [5, 5.41) is 31.9. The zero-order valence-corrected chi connectivity index (χ0v) is 19.4. The molecule has 7 heteroatoms. The molecular weight excluding hydrogens is 410 g/mol. The van der Waals surface area contributed by atoms with Crippen molar-refractivity contribution in [2.45, 2.75) is 78.4 Å². The fraction of sp³-hybridized carbons (Fsp3) is 0.560. The van der Waals surface area contributed by atoms with E-state index in [1.165, 1.54) is 25.3 Å². The predicted molar refractivity (Wildman–Crippen MR) is 122 cm³/mol. The van der Waals surface area contributed by atoms with Crippen LogP contribution in [0.3, 0.4) is 0 Å². The molecule has 0 saturated heterocycles. The second-order valence-electron chi connectivity index (χ2n) is 9.41. The Balaban J connectivity index is 2.13. The lowest BCUT2D eigenvalue weighted by molar-refractivity contribution is -0.141. The molecule has 4 atom stereocenters. The minimum Gasteiger partial charge on any atom is -0.505 e. The van der Waals surface area contributed by atoms with Crippen molar-refractivity contribution in [3.63, 3.8) is 0 Å². The van der Waals surface area contributed by atoms with Gasteiger partial charge in [0.25, 0.3) is 0 Å². The molecule has 0 aromatic heterocycles. The number of carboxylic acid groups (broad SMARTS) is 1. The monoisotopic (exact) mass is 445 g/mol. The maximum Gasteiger partial charge on any atom is 0.328 e. The van der Waals surface area contributed by atoms with E-state index in [2.05, 4.69) is 25.7 Å². The number of carbonyl (C=O) groups excluding carboxylic acids is 2. The molecular formula is C25H35NO6. The van der Waals surface area contributed by atoms with Crippen LogP contribution in [-0.2, 0) is 14.4 Å². The van der Waals surface area contributed by atoms with Crippen LogP contribution >= 0.6 is 0 Å². The summed E-state index contributed by atoms with van der Waals surface area (Å²) in [6.07, 6.45) is 6.68. The molecule has 4 unspecified atom stereocenters. The fourth-order valence-corrected chi connectivity index (χ4v) is 4.40. The Morgan fingerprint density at radius 2 is 2.06 bits per heavy atom. The Morgan fingerprint density at radius 3 is 2.66 bits per heavy atom. The number of hydrogen-bond acceptors (Lipinski definition) is 6. The molecule has 0 spiro atoms. The zero-order chi connectivity index (χ0) is 24.2. The lowest BCUT2D eigenvalue weighted by atomic mass is 9.65. The first-order chi connectivity index (χ1) is 14.9. The summed E-state index contributed by atoms with van der Waals surface area (Å²) in [6.45, 7) is 12.0. The molecule has 0 radical (unpaired) electrons. The van der Waals surface area contributed by atoms with Gasteiger partial charge < -0.3 is 20.6 Å². The fourth-order valence-electron chi connectivity index (χ4n) is 4.40. The Bertz CT molecular complexity index is 894. The first-order valence-corrected chi connectivity index (χ1v) is 11.1. The van der Waals surface area contributed by atoms with Crippen molar-refractivity contribution in [1.29, 1.82) is 0 Å². The van der Waals surface area contributed by atoms with E-state index in [-0.39, 0.29) is 23.1 Å². The highest BCUT2D eigenvalue weighted by Gasteiger charge is 2.34. The number of Topliss-reactive ketones (excluding diaryl/α,β-unsaturated/α-hetero) is 1. The number of allylic oxidation sites excluding steroid dienone is 5. The number of nitrogens with one attached hydrogen (secondary N) is 1. The third-order valence-electron chi connectivity index (χ3n) is 6.84. The molecule has 1 saturated carbocycles. The van der Waals surface area contributed by atoms with Crippen molar-refractivity contribution in [3.8, 4) is 0 Å². The average molecular weight is 446 g/mol. The van der Waals surface area contributed by atoms with Crippen molar-refractivity contribution < 1.29 is 29.7 Å². The van der Waals surface area contributed by atoms with E-state index in [9.17, 15) is 29.7 Å². The van der Waals surface area contributed by atoms with Gasteiger partial charge in [-0.1, -0.05) is 44.1 Å². The predicted octanol–water partition coefficient (Wildman–Crippen LogP) is 3.76. The minimum absolute atomic E-state index is 0.0573. The first-order valence-electron chi connectivity index (χ1n) is 11.1. The highest BCUT2D eigenvalue weighted by Crippen LogP contribution is 2.46. The largest absolute Gasteiger partial charge is 0.505 e. The van der Waals surface area contributed by atoms with Gasteiger partial charge in [-0.3, -0.25) is 9.59 Å². The molecule has 0 aromatic rings. The molecule has 0 bridgehead atoms. The van der Waals surface area contributed by atoms with E-state index >= 15 is 0 Å². The van der Waals surface area contributed by atoms with Gasteiger partial charge in [0.2, 0.25) is 11.6 Å². The maximum absolute atomic E-state index is 12.3. The van der Waals surface area contributed by atoms with Crippen LogP contribution in [0.1, 0.15) is 66.2 Å². The first kappa shape index (κ1) is 25.6. The van der Waals surface area contributed by atoms with Crippen molar-refractivity contribution in [2.24, 2.45) is 11.3 Å². The van der Waals surface area contributed by atoms with Crippen molar-refractivity contribution in [1.82, 2.24) is 5.32 Å². The Morgan fingerprint density at radius 1 is 1.41 bits per heavy atom. The van der Waals surface area contributed by atoms with Gasteiger partial charge in [-0.25, -0.2) is 4.79 Å². The minimum atomic E-state index is -1.44. The van der Waals surface area contributed by atoms with Gasteiger partial charge >= 0.3 is 5.97 Å². The average Bonchev–Trinajstić information content (AvgIpc) is 2.71. The summed E-state index contributed by atoms with van der Waals surface area (Å²) < 4.78 is 0. The van der Waals surface area contributed by atoms with Crippen molar-refractivity contribution in [2.75, 3.05) is 0 Å². The maximum atomic E-state index is 12.3. The highest BCUT2D eigenvalue weighted by atomic mass is 16.4. The third kappa shape index (κ3) is 5.76. The van der Waals surface area contributed by atoms with Gasteiger partial charge in [0.15, 0.2) is 6.04 Å². The van der Waals surface area contributed by atoms with Crippen molar-refractivity contribution in [3.05, 3.63) is 46.9 Å². The highest BCUT2D eigenvalue weighted by molar-refractivity contribution is 6.48. The summed E-state index contributed by atoms with van der Waals surface area (Å²) >= 11 is 0. The Kier molecular flexibility index (Phi) is 8.24. The van der Waals surface area contributed by atoms with Crippen LogP contribution in [0.4, 0.5) is 0 Å². The number of carbonyl (C=O) groups is 3. The molecule has 0 aliphatic heterocycles. The molecule has 7 nitrogen and oxygen atoms in total. The molecule has 2 rings (SSSR count). The molecule has 32 heavy (non-hydrogen) atoms. The number of aliphatic hydroxyl groups is 2. The van der Waals surface area contributed by atoms with E-state index in [1.807, 2.05) is 13.0 Å². The molecule has 1 fully saturated rings. The number of rotatable bonds is 9. The lowest BCUT2D eigenvalue weighted by Gasteiger charge is -2.40. The van der Waals surface area contributed by atoms with Crippen LogP contribution < -0.4 is 5.32 Å². The van der Waals surface area contributed by atoms with E-state index < -0.39 is 35.4 Å². The van der Waals surface area contributed by atoms with Crippen LogP contribution in [0.5, 0.6) is 0 Å². The number of aliphatic hydroxyl groups excluding tert-OH is 2. The van der Waals surface area contributed by atoms with Gasteiger partial charge in [-0.15, -0.1) is 0 Å². The smallest absolute Gasteiger partial charge is 0.328 e. The van der Waals surface area contributed by atoms with Crippen LogP contribution in [0.25, 0.3) is 0 Å². The molecule has 4 N–H and O–H groups in total. The van der Waals surface area contributed by atoms with E-state index in [0.29, 0.717) is 5.92 Å². The summed E-state index contributed by atoms with van der Waals surface area (Å²) in [4.78, 5) is 35.8. The van der Waals surface area contributed by atoms with Gasteiger partial charge in [-0.2, -0.15) is 0 Å². The summed E-state index contributed by atoms with van der Waals surface area (Å²) in [7, 11) is 0. The van der Waals surface area contributed by atoms with Crippen LogP contribution in [0.15, 0.2) is 46.9 Å². The summed E-state index contributed by atoms with van der Waals surface area (Å²) in [6, 6.07) is -1.44. The number of aliphatic carboxylic acids is 1. The molecule has 2 aliphatic carbocycles. The quantitative estimate of drug-likeness (QED) is 0.242. The second kappa shape index (κ2) is 10.3. The normalized spacial score (nSPS) is 26.7. The van der Waals surface area contributed by atoms with E-state index in [0.717, 1.165) is 30.9 Å². The van der Waals surface area contributed by atoms with E-state index in [1.54, 1.807) is 0 Å². The molecule has 0 heterocycles. The molecule has 2 aliphatic rings. The number of ketones is 2.